The van der Waals surface area contributed by atoms with E-state index in [9.17, 15) is 17.6 Å². The average Bonchev–Trinajstić information content (AvgIpc) is 3.00. The van der Waals surface area contributed by atoms with Gasteiger partial charge in [0.2, 0.25) is 10.0 Å². The van der Waals surface area contributed by atoms with Crippen molar-refractivity contribution < 1.29 is 17.6 Å². The number of piperidine rings is 1. The van der Waals surface area contributed by atoms with Crippen molar-refractivity contribution in [1.29, 1.82) is 0 Å². The first kappa shape index (κ1) is 19.7. The highest BCUT2D eigenvalue weighted by Crippen LogP contribution is 2.31. The van der Waals surface area contributed by atoms with E-state index in [1.54, 1.807) is 24.3 Å². The highest BCUT2D eigenvalue weighted by atomic mass is 32.2. The van der Waals surface area contributed by atoms with E-state index in [4.69, 9.17) is 0 Å². The number of amides is 1. The third-order valence-corrected chi connectivity index (χ3v) is 7.55. The summed E-state index contributed by atoms with van der Waals surface area (Å²) in [4.78, 5) is 17.3. The number of aryl methyl sites for hydroxylation is 2. The lowest BCUT2D eigenvalue weighted by Gasteiger charge is -2.36. The molecule has 1 spiro atoms. The van der Waals surface area contributed by atoms with Gasteiger partial charge in [0.05, 0.1) is 4.90 Å². The summed E-state index contributed by atoms with van der Waals surface area (Å²) in [6.45, 7) is 4.31. The number of hydrogen-bond donors (Lipinski definition) is 1. The van der Waals surface area contributed by atoms with Crippen LogP contribution < -0.4 is 5.32 Å². The van der Waals surface area contributed by atoms with E-state index in [0.717, 1.165) is 11.1 Å². The summed E-state index contributed by atoms with van der Waals surface area (Å²) in [6.07, 6.45) is 0.725. The van der Waals surface area contributed by atoms with E-state index in [2.05, 4.69) is 10.3 Å². The van der Waals surface area contributed by atoms with Gasteiger partial charge in [0.15, 0.2) is 0 Å². The Morgan fingerprint density at radius 3 is 2.45 bits per heavy atom. The Hall–Kier alpha value is -2.58. The molecule has 29 heavy (non-hydrogen) atoms. The minimum absolute atomic E-state index is 0.190. The van der Waals surface area contributed by atoms with Crippen molar-refractivity contribution in [2.24, 2.45) is 4.99 Å². The Balaban J connectivity index is 1.54. The second-order valence-electron chi connectivity index (χ2n) is 7.61. The largest absolute Gasteiger partial charge is 0.326 e. The molecule has 2 aromatic carbocycles. The van der Waals surface area contributed by atoms with Crippen molar-refractivity contribution in [2.75, 3.05) is 13.1 Å². The third-order valence-electron chi connectivity index (χ3n) is 5.65. The summed E-state index contributed by atoms with van der Waals surface area (Å²) >= 11 is 0. The molecular weight excluding hydrogens is 393 g/mol. The minimum atomic E-state index is -3.61. The molecule has 1 saturated heterocycles. The first-order valence-electron chi connectivity index (χ1n) is 9.46. The lowest BCUT2D eigenvalue weighted by Crippen LogP contribution is -2.52. The van der Waals surface area contributed by atoms with Gasteiger partial charge in [-0.1, -0.05) is 18.2 Å². The highest BCUT2D eigenvalue weighted by Gasteiger charge is 2.44. The standard InChI is InChI=1S/C21H22FN3O3S/c1-14-6-7-18(12-15(14)2)29(27,28)25-10-8-21(9-11-25)23-19(20(26)24-21)16-4-3-5-17(22)13-16/h3-7,12-13H,8-11H2,1-2H3,(H,24,26). The Bertz CT molecular complexity index is 1120. The predicted octanol–water partition coefficient (Wildman–Crippen LogP) is 2.54. The SMILES string of the molecule is Cc1ccc(S(=O)(=O)N2CCC3(CC2)N=C(c2cccc(F)c2)C(=O)N3)cc1C. The summed E-state index contributed by atoms with van der Waals surface area (Å²) in [5, 5.41) is 2.88. The number of nitrogens with zero attached hydrogens (tertiary/aromatic N) is 2. The summed E-state index contributed by atoms with van der Waals surface area (Å²) in [6, 6.07) is 10.9. The number of rotatable bonds is 3. The Morgan fingerprint density at radius 2 is 1.79 bits per heavy atom. The van der Waals surface area contributed by atoms with Crippen LogP contribution in [0.3, 0.4) is 0 Å². The van der Waals surface area contributed by atoms with Gasteiger partial charge in [0.1, 0.15) is 17.2 Å². The first-order valence-corrected chi connectivity index (χ1v) is 10.9. The predicted molar refractivity (Wildman–Crippen MR) is 108 cm³/mol. The summed E-state index contributed by atoms with van der Waals surface area (Å²) < 4.78 is 41.0. The zero-order valence-electron chi connectivity index (χ0n) is 16.3. The van der Waals surface area contributed by atoms with Crippen LogP contribution in [-0.2, 0) is 14.8 Å². The minimum Gasteiger partial charge on any atom is -0.326 e. The van der Waals surface area contributed by atoms with E-state index in [0.29, 0.717) is 18.4 Å². The molecule has 1 N–H and O–H groups in total. The van der Waals surface area contributed by atoms with Crippen LogP contribution in [0, 0.1) is 19.7 Å². The molecule has 0 atom stereocenters. The van der Waals surface area contributed by atoms with Gasteiger partial charge in [0, 0.05) is 31.5 Å². The van der Waals surface area contributed by atoms with Gasteiger partial charge in [-0.05, 0) is 49.2 Å². The molecule has 1 fully saturated rings. The van der Waals surface area contributed by atoms with Crippen molar-refractivity contribution in [2.45, 2.75) is 37.2 Å². The maximum Gasteiger partial charge on any atom is 0.272 e. The van der Waals surface area contributed by atoms with Crippen molar-refractivity contribution in [3.63, 3.8) is 0 Å². The molecule has 0 bridgehead atoms. The molecule has 2 heterocycles. The fourth-order valence-electron chi connectivity index (χ4n) is 3.75. The number of carbonyl (C=O) groups is 1. The fraction of sp³-hybridized carbons (Fsp3) is 0.333. The molecule has 6 nitrogen and oxygen atoms in total. The molecule has 0 aromatic heterocycles. The molecule has 2 aliphatic rings. The number of nitrogens with one attached hydrogen (secondary N) is 1. The van der Waals surface area contributed by atoms with Crippen LogP contribution >= 0.6 is 0 Å². The van der Waals surface area contributed by atoms with Gasteiger partial charge in [-0.25, -0.2) is 12.8 Å². The Kier molecular flexibility index (Phi) is 4.78. The normalized spacial score (nSPS) is 19.3. The number of aliphatic imine (C=N–C) groups is 1. The van der Waals surface area contributed by atoms with Gasteiger partial charge in [-0.3, -0.25) is 9.79 Å². The number of sulfonamides is 1. The fourth-order valence-corrected chi connectivity index (χ4v) is 5.28. The van der Waals surface area contributed by atoms with Crippen LogP contribution in [0.15, 0.2) is 52.4 Å². The smallest absolute Gasteiger partial charge is 0.272 e. The van der Waals surface area contributed by atoms with Gasteiger partial charge >= 0.3 is 0 Å². The number of hydrogen-bond acceptors (Lipinski definition) is 4. The second-order valence-corrected chi connectivity index (χ2v) is 9.54. The van der Waals surface area contributed by atoms with Crippen molar-refractivity contribution in [3.05, 3.63) is 65.0 Å². The highest BCUT2D eigenvalue weighted by molar-refractivity contribution is 7.89. The topological polar surface area (TPSA) is 78.8 Å². The molecular formula is C21H22FN3O3S. The zero-order valence-corrected chi connectivity index (χ0v) is 17.1. The summed E-state index contributed by atoms with van der Waals surface area (Å²) in [7, 11) is -3.61. The van der Waals surface area contributed by atoms with E-state index >= 15 is 0 Å². The Labute approximate surface area is 169 Å². The van der Waals surface area contributed by atoms with Gasteiger partial charge < -0.3 is 5.32 Å². The van der Waals surface area contributed by atoms with Gasteiger partial charge in [0.25, 0.3) is 5.91 Å². The van der Waals surface area contributed by atoms with Crippen LogP contribution in [0.25, 0.3) is 0 Å². The van der Waals surface area contributed by atoms with Crippen LogP contribution in [-0.4, -0.2) is 43.1 Å². The van der Waals surface area contributed by atoms with Crippen LogP contribution in [0.1, 0.15) is 29.5 Å². The first-order chi connectivity index (χ1) is 13.7. The van der Waals surface area contributed by atoms with Crippen molar-refractivity contribution in [3.8, 4) is 0 Å². The molecule has 0 saturated carbocycles. The van der Waals surface area contributed by atoms with Gasteiger partial charge in [-0.15, -0.1) is 0 Å². The lowest BCUT2D eigenvalue weighted by atomic mass is 10.00. The van der Waals surface area contributed by atoms with E-state index in [-0.39, 0.29) is 29.6 Å². The monoisotopic (exact) mass is 415 g/mol. The van der Waals surface area contributed by atoms with E-state index in [1.165, 1.54) is 22.5 Å². The molecule has 0 unspecified atom stereocenters. The molecule has 2 aromatic rings. The molecule has 8 heteroatoms. The molecule has 0 aliphatic carbocycles. The maximum absolute atomic E-state index is 13.5. The molecule has 1 amide bonds. The van der Waals surface area contributed by atoms with Crippen LogP contribution in [0.5, 0.6) is 0 Å². The lowest BCUT2D eigenvalue weighted by molar-refractivity contribution is -0.115. The van der Waals surface area contributed by atoms with Gasteiger partial charge in [-0.2, -0.15) is 4.31 Å². The van der Waals surface area contributed by atoms with E-state index < -0.39 is 21.5 Å². The maximum atomic E-state index is 13.5. The third kappa shape index (κ3) is 3.58. The summed E-state index contributed by atoms with van der Waals surface area (Å²) in [5.41, 5.74) is 1.73. The van der Waals surface area contributed by atoms with E-state index in [1.807, 2.05) is 13.8 Å². The Morgan fingerprint density at radius 1 is 1.07 bits per heavy atom. The summed E-state index contributed by atoms with van der Waals surface area (Å²) in [5.74, 6) is -0.797. The van der Waals surface area contributed by atoms with Crippen LogP contribution in [0.2, 0.25) is 0 Å². The number of halogens is 1. The average molecular weight is 415 g/mol. The molecule has 152 valence electrons. The second kappa shape index (κ2) is 7.03. The molecule has 2 aliphatic heterocycles. The number of benzene rings is 2. The van der Waals surface area contributed by atoms with Crippen molar-refractivity contribution >= 4 is 21.6 Å². The molecule has 0 radical (unpaired) electrons. The van der Waals surface area contributed by atoms with Crippen LogP contribution in [0.4, 0.5) is 4.39 Å². The van der Waals surface area contributed by atoms with Crippen molar-refractivity contribution in [1.82, 2.24) is 9.62 Å². The molecule has 4 rings (SSSR count). The quantitative estimate of drug-likeness (QED) is 0.837. The number of carbonyl (C=O) groups excluding carboxylic acids is 1. The zero-order chi connectivity index (χ0) is 20.8.